The summed E-state index contributed by atoms with van der Waals surface area (Å²) >= 11 is 5.88. The molecule has 0 aliphatic carbocycles. The quantitative estimate of drug-likeness (QED) is 0.327. The van der Waals surface area contributed by atoms with E-state index >= 15 is 0 Å². The van der Waals surface area contributed by atoms with E-state index in [2.05, 4.69) is 10.1 Å². The summed E-state index contributed by atoms with van der Waals surface area (Å²) in [6, 6.07) is 18.3. The van der Waals surface area contributed by atoms with Crippen LogP contribution in [0.2, 0.25) is 5.02 Å². The number of benzene rings is 3. The molecule has 0 aliphatic heterocycles. The number of carbonyl (C=O) groups excluding carboxylic acids is 1. The highest BCUT2D eigenvalue weighted by Crippen LogP contribution is 2.25. The van der Waals surface area contributed by atoms with Gasteiger partial charge in [-0.15, -0.1) is 0 Å². The SMILES string of the molecule is COc1ccc2ccc(OC(=O)CCc3nc(-c4ccc(Cl)cc4)no3)cc2c1. The second-order valence-electron chi connectivity index (χ2n) is 6.37. The Morgan fingerprint density at radius 2 is 1.72 bits per heavy atom. The van der Waals surface area contributed by atoms with Gasteiger partial charge in [0.2, 0.25) is 11.7 Å². The zero-order valence-corrected chi connectivity index (χ0v) is 16.3. The zero-order valence-electron chi connectivity index (χ0n) is 15.6. The fourth-order valence-corrected chi connectivity index (χ4v) is 2.98. The van der Waals surface area contributed by atoms with Crippen LogP contribution in [0.3, 0.4) is 0 Å². The summed E-state index contributed by atoms with van der Waals surface area (Å²) in [4.78, 5) is 16.5. The second-order valence-corrected chi connectivity index (χ2v) is 6.80. The molecule has 1 aromatic heterocycles. The number of aromatic nitrogens is 2. The molecule has 6 nitrogen and oxygen atoms in total. The molecule has 4 aromatic rings. The van der Waals surface area contributed by atoms with Crippen molar-refractivity contribution in [2.45, 2.75) is 12.8 Å². The zero-order chi connectivity index (χ0) is 20.2. The molecule has 0 saturated heterocycles. The van der Waals surface area contributed by atoms with Crippen LogP contribution in [0.5, 0.6) is 11.5 Å². The van der Waals surface area contributed by atoms with Crippen molar-refractivity contribution in [3.05, 3.63) is 71.6 Å². The van der Waals surface area contributed by atoms with E-state index in [0.717, 1.165) is 22.1 Å². The molecule has 4 rings (SSSR count). The van der Waals surface area contributed by atoms with Gasteiger partial charge in [0.1, 0.15) is 11.5 Å². The first-order chi connectivity index (χ1) is 14.1. The molecule has 0 N–H and O–H groups in total. The number of nitrogens with zero attached hydrogens (tertiary/aromatic N) is 2. The number of fused-ring (bicyclic) bond motifs is 1. The number of esters is 1. The summed E-state index contributed by atoms with van der Waals surface area (Å²) in [5, 5.41) is 6.53. The van der Waals surface area contributed by atoms with Crippen LogP contribution < -0.4 is 9.47 Å². The van der Waals surface area contributed by atoms with Gasteiger partial charge in [0, 0.05) is 17.0 Å². The molecule has 0 unspecified atom stereocenters. The molecule has 0 amide bonds. The largest absolute Gasteiger partial charge is 0.497 e. The van der Waals surface area contributed by atoms with Crippen LogP contribution in [0.15, 0.2) is 65.2 Å². The van der Waals surface area contributed by atoms with Crippen LogP contribution in [0.4, 0.5) is 0 Å². The normalized spacial score (nSPS) is 10.8. The first-order valence-electron chi connectivity index (χ1n) is 8.98. The van der Waals surface area contributed by atoms with Crippen molar-refractivity contribution >= 4 is 28.3 Å². The van der Waals surface area contributed by atoms with Crippen LogP contribution >= 0.6 is 11.6 Å². The number of rotatable bonds is 6. The number of ether oxygens (including phenoxy) is 2. The summed E-state index contributed by atoms with van der Waals surface area (Å²) in [6.45, 7) is 0. The Labute approximate surface area is 172 Å². The molecule has 0 aliphatic rings. The Bertz CT molecular complexity index is 1160. The van der Waals surface area contributed by atoms with E-state index in [1.54, 1.807) is 43.5 Å². The lowest BCUT2D eigenvalue weighted by atomic mass is 10.1. The van der Waals surface area contributed by atoms with Crippen LogP contribution in [0.25, 0.3) is 22.2 Å². The summed E-state index contributed by atoms with van der Waals surface area (Å²) in [5.74, 6) is 1.67. The Kier molecular flexibility index (Phi) is 5.44. The van der Waals surface area contributed by atoms with E-state index in [1.807, 2.05) is 24.3 Å². The predicted molar refractivity (Wildman–Crippen MR) is 109 cm³/mol. The molecule has 0 radical (unpaired) electrons. The van der Waals surface area contributed by atoms with Crippen molar-refractivity contribution in [1.82, 2.24) is 10.1 Å². The van der Waals surface area contributed by atoms with Gasteiger partial charge >= 0.3 is 5.97 Å². The van der Waals surface area contributed by atoms with Gasteiger partial charge in [0.25, 0.3) is 0 Å². The van der Waals surface area contributed by atoms with Gasteiger partial charge in [-0.3, -0.25) is 4.79 Å². The molecule has 146 valence electrons. The highest BCUT2D eigenvalue weighted by atomic mass is 35.5. The Morgan fingerprint density at radius 1 is 1.00 bits per heavy atom. The molecule has 7 heteroatoms. The van der Waals surface area contributed by atoms with E-state index in [4.69, 9.17) is 25.6 Å². The highest BCUT2D eigenvalue weighted by molar-refractivity contribution is 6.30. The lowest BCUT2D eigenvalue weighted by molar-refractivity contribution is -0.134. The van der Waals surface area contributed by atoms with Gasteiger partial charge < -0.3 is 14.0 Å². The van der Waals surface area contributed by atoms with Crippen molar-refractivity contribution in [3.63, 3.8) is 0 Å². The fourth-order valence-electron chi connectivity index (χ4n) is 2.86. The third-order valence-corrected chi connectivity index (χ3v) is 4.62. The minimum absolute atomic E-state index is 0.123. The van der Waals surface area contributed by atoms with Crippen molar-refractivity contribution in [2.24, 2.45) is 0 Å². The summed E-state index contributed by atoms with van der Waals surface area (Å²) in [5.41, 5.74) is 0.790. The average molecular weight is 409 g/mol. The Balaban J connectivity index is 1.38. The van der Waals surface area contributed by atoms with Gasteiger partial charge in [0.15, 0.2) is 0 Å². The van der Waals surface area contributed by atoms with Crippen molar-refractivity contribution in [2.75, 3.05) is 7.11 Å². The molecule has 3 aromatic carbocycles. The molecule has 0 atom stereocenters. The topological polar surface area (TPSA) is 74.5 Å². The summed E-state index contributed by atoms with van der Waals surface area (Å²) < 4.78 is 15.9. The molecule has 0 fully saturated rings. The second kappa shape index (κ2) is 8.32. The van der Waals surface area contributed by atoms with Gasteiger partial charge in [-0.25, -0.2) is 0 Å². The van der Waals surface area contributed by atoms with Gasteiger partial charge in [-0.1, -0.05) is 28.9 Å². The molecular weight excluding hydrogens is 392 g/mol. The van der Waals surface area contributed by atoms with Gasteiger partial charge in [-0.05, 0) is 59.3 Å². The van der Waals surface area contributed by atoms with E-state index in [-0.39, 0.29) is 12.4 Å². The Hall–Kier alpha value is -3.38. The van der Waals surface area contributed by atoms with Crippen LogP contribution in [0, 0.1) is 0 Å². The van der Waals surface area contributed by atoms with Crippen molar-refractivity contribution in [3.8, 4) is 22.9 Å². The van der Waals surface area contributed by atoms with Crippen molar-refractivity contribution in [1.29, 1.82) is 0 Å². The van der Waals surface area contributed by atoms with E-state index < -0.39 is 0 Å². The van der Waals surface area contributed by atoms with Crippen LogP contribution in [-0.4, -0.2) is 23.2 Å². The standard InChI is InChI=1S/C22H17ClN2O4/c1-27-18-8-4-14-5-9-19(13-16(14)12-18)28-21(26)11-10-20-24-22(25-29-20)15-2-6-17(23)7-3-15/h2-9,12-13H,10-11H2,1H3. The van der Waals surface area contributed by atoms with Crippen LogP contribution in [0.1, 0.15) is 12.3 Å². The number of halogens is 1. The maximum absolute atomic E-state index is 12.2. The maximum Gasteiger partial charge on any atom is 0.311 e. The lowest BCUT2D eigenvalue weighted by Crippen LogP contribution is -2.09. The number of hydrogen-bond acceptors (Lipinski definition) is 6. The van der Waals surface area contributed by atoms with Crippen molar-refractivity contribution < 1.29 is 18.8 Å². The van der Waals surface area contributed by atoms with Gasteiger partial charge in [0.05, 0.1) is 13.5 Å². The third kappa shape index (κ3) is 4.55. The molecular formula is C22H17ClN2O4. The molecule has 0 bridgehead atoms. The van der Waals surface area contributed by atoms with Crippen LogP contribution in [-0.2, 0) is 11.2 Å². The first-order valence-corrected chi connectivity index (χ1v) is 9.35. The number of methoxy groups -OCH3 is 1. The molecule has 1 heterocycles. The van der Waals surface area contributed by atoms with Gasteiger partial charge in [-0.2, -0.15) is 4.98 Å². The molecule has 0 spiro atoms. The number of hydrogen-bond donors (Lipinski definition) is 0. The third-order valence-electron chi connectivity index (χ3n) is 4.36. The lowest BCUT2D eigenvalue weighted by Gasteiger charge is -2.06. The predicted octanol–water partition coefficient (Wildman–Crippen LogP) is 5.09. The minimum atomic E-state index is -0.376. The fraction of sp³-hybridized carbons (Fsp3) is 0.136. The van der Waals surface area contributed by atoms with E-state index in [0.29, 0.717) is 28.9 Å². The highest BCUT2D eigenvalue weighted by Gasteiger charge is 2.12. The smallest absolute Gasteiger partial charge is 0.311 e. The number of carbonyl (C=O) groups is 1. The monoisotopic (exact) mass is 408 g/mol. The molecule has 0 saturated carbocycles. The minimum Gasteiger partial charge on any atom is -0.497 e. The molecule has 29 heavy (non-hydrogen) atoms. The van der Waals surface area contributed by atoms with E-state index in [9.17, 15) is 4.79 Å². The maximum atomic E-state index is 12.2. The first kappa shape index (κ1) is 19.0. The number of aryl methyl sites for hydroxylation is 1. The Morgan fingerprint density at radius 3 is 2.48 bits per heavy atom. The summed E-state index contributed by atoms with van der Waals surface area (Å²) in [7, 11) is 1.61. The summed E-state index contributed by atoms with van der Waals surface area (Å²) in [6.07, 6.45) is 0.416. The van der Waals surface area contributed by atoms with E-state index in [1.165, 1.54) is 0 Å². The average Bonchev–Trinajstić information content (AvgIpc) is 3.21.